The van der Waals surface area contributed by atoms with Crippen molar-refractivity contribution >= 4 is 67.1 Å². The Balaban J connectivity index is 1.77. The van der Waals surface area contributed by atoms with E-state index in [9.17, 15) is 22.9 Å². The van der Waals surface area contributed by atoms with Crippen molar-refractivity contribution < 1.29 is 27.6 Å². The lowest BCUT2D eigenvalue weighted by Crippen LogP contribution is -2.13. The van der Waals surface area contributed by atoms with Crippen LogP contribution in [-0.4, -0.2) is 30.6 Å². The highest BCUT2D eigenvalue weighted by atomic mass is 35.5. The molecule has 4 aromatic rings. The second kappa shape index (κ2) is 11.0. The molecule has 0 spiro atoms. The van der Waals surface area contributed by atoms with Gasteiger partial charge in [0.05, 0.1) is 28.6 Å². The van der Waals surface area contributed by atoms with E-state index in [1.54, 1.807) is 42.5 Å². The summed E-state index contributed by atoms with van der Waals surface area (Å²) >= 11 is 12.5. The fraction of sp³-hybridized carbons (Fsp3) is 0.115. The van der Waals surface area contributed by atoms with Gasteiger partial charge in [0, 0.05) is 5.39 Å². The molecule has 0 atom stereocenters. The van der Waals surface area contributed by atoms with Crippen LogP contribution < -0.4 is 10.1 Å². The number of halogens is 2. The monoisotopic (exact) mass is 573 g/mol. The Morgan fingerprint density at radius 1 is 1.03 bits per heavy atom. The lowest BCUT2D eigenvalue weighted by Gasteiger charge is -2.13. The number of fused-ring (bicyclic) bond motifs is 1. The van der Waals surface area contributed by atoms with Gasteiger partial charge in [0.2, 0.25) is 0 Å². The van der Waals surface area contributed by atoms with Gasteiger partial charge in [0.1, 0.15) is 21.4 Å². The van der Waals surface area contributed by atoms with E-state index in [1.807, 2.05) is 6.92 Å². The van der Waals surface area contributed by atoms with Gasteiger partial charge in [-0.05, 0) is 55.1 Å². The summed E-state index contributed by atoms with van der Waals surface area (Å²) in [5.74, 6) is -0.671. The van der Waals surface area contributed by atoms with Crippen LogP contribution in [-0.2, 0) is 10.1 Å². The molecule has 0 aliphatic heterocycles. The Hall–Kier alpha value is -3.70. The molecule has 0 radical (unpaired) electrons. The van der Waals surface area contributed by atoms with Crippen LogP contribution in [0, 0.1) is 6.92 Å². The first-order valence-electron chi connectivity index (χ1n) is 11.2. The van der Waals surface area contributed by atoms with E-state index in [0.29, 0.717) is 28.8 Å². The number of phenolic OH excluding ortho intramolecular Hbond substituents is 1. The number of hydrogen-bond donors (Lipinski definition) is 3. The zero-order valence-electron chi connectivity index (χ0n) is 20.1. The van der Waals surface area contributed by atoms with Crippen molar-refractivity contribution in [2.75, 3.05) is 11.9 Å². The fourth-order valence-electron chi connectivity index (χ4n) is 3.72. The van der Waals surface area contributed by atoms with Crippen molar-refractivity contribution in [1.29, 1.82) is 0 Å². The SMILES string of the molecule is CCOc1cccc(NC(=O)c2cc3ccccc3c(N=Nc3ccc(S(=O)(=O)O)c(Cl)c3C)c2O)c1Cl. The predicted molar refractivity (Wildman–Crippen MR) is 146 cm³/mol. The molecule has 1 amide bonds. The van der Waals surface area contributed by atoms with Gasteiger partial charge in [-0.15, -0.1) is 5.11 Å². The molecule has 0 aromatic heterocycles. The summed E-state index contributed by atoms with van der Waals surface area (Å²) in [5, 5.41) is 23.2. The first-order chi connectivity index (χ1) is 18.0. The second-order valence-electron chi connectivity index (χ2n) is 8.04. The Labute approximate surface area is 228 Å². The average Bonchev–Trinajstić information content (AvgIpc) is 2.87. The number of rotatable bonds is 7. The number of azo groups is 1. The number of anilines is 1. The number of amides is 1. The molecule has 38 heavy (non-hydrogen) atoms. The molecule has 3 N–H and O–H groups in total. The topological polar surface area (TPSA) is 138 Å². The molecular weight excluding hydrogens is 553 g/mol. The van der Waals surface area contributed by atoms with Gasteiger partial charge in [0.15, 0.2) is 5.75 Å². The smallest absolute Gasteiger partial charge is 0.296 e. The first kappa shape index (κ1) is 27.3. The van der Waals surface area contributed by atoms with Gasteiger partial charge >= 0.3 is 0 Å². The lowest BCUT2D eigenvalue weighted by molar-refractivity contribution is 0.102. The molecule has 196 valence electrons. The minimum atomic E-state index is -4.53. The summed E-state index contributed by atoms with van der Waals surface area (Å²) in [5.41, 5.74) is 0.665. The number of nitrogens with one attached hydrogen (secondary N) is 1. The maximum Gasteiger partial charge on any atom is 0.296 e. The highest BCUT2D eigenvalue weighted by Crippen LogP contribution is 2.41. The number of carbonyl (C=O) groups is 1. The van der Waals surface area contributed by atoms with Crippen LogP contribution >= 0.6 is 23.2 Å². The number of aromatic hydroxyl groups is 1. The van der Waals surface area contributed by atoms with Crippen LogP contribution in [0.15, 0.2) is 75.8 Å². The highest BCUT2D eigenvalue weighted by molar-refractivity contribution is 7.86. The third-order valence-electron chi connectivity index (χ3n) is 5.61. The minimum absolute atomic E-state index is 0.0109. The number of phenols is 1. The quantitative estimate of drug-likeness (QED) is 0.155. The van der Waals surface area contributed by atoms with Crippen LogP contribution in [0.5, 0.6) is 11.5 Å². The van der Waals surface area contributed by atoms with Crippen LogP contribution in [0.2, 0.25) is 10.0 Å². The van der Waals surface area contributed by atoms with Crippen LogP contribution in [0.3, 0.4) is 0 Å². The molecule has 0 fully saturated rings. The van der Waals surface area contributed by atoms with Gasteiger partial charge in [-0.2, -0.15) is 13.5 Å². The molecule has 12 heteroatoms. The zero-order valence-corrected chi connectivity index (χ0v) is 22.4. The molecule has 0 aliphatic rings. The van der Waals surface area contributed by atoms with Gasteiger partial charge < -0.3 is 15.2 Å². The van der Waals surface area contributed by atoms with Gasteiger partial charge in [0.25, 0.3) is 16.0 Å². The Kier molecular flexibility index (Phi) is 7.89. The Morgan fingerprint density at radius 2 is 1.76 bits per heavy atom. The molecule has 4 aromatic carbocycles. The summed E-state index contributed by atoms with van der Waals surface area (Å²) < 4.78 is 37.9. The van der Waals surface area contributed by atoms with E-state index >= 15 is 0 Å². The van der Waals surface area contributed by atoms with Crippen molar-refractivity contribution in [3.8, 4) is 11.5 Å². The third kappa shape index (κ3) is 5.44. The molecule has 0 heterocycles. The number of hydrogen-bond acceptors (Lipinski definition) is 7. The zero-order chi connectivity index (χ0) is 27.6. The number of carbonyl (C=O) groups excluding carboxylic acids is 1. The van der Waals surface area contributed by atoms with E-state index in [-0.39, 0.29) is 32.5 Å². The first-order valence-corrected chi connectivity index (χ1v) is 13.4. The van der Waals surface area contributed by atoms with E-state index in [2.05, 4.69) is 15.5 Å². The van der Waals surface area contributed by atoms with Crippen molar-refractivity contribution in [3.63, 3.8) is 0 Å². The van der Waals surface area contributed by atoms with Crippen LogP contribution in [0.25, 0.3) is 10.8 Å². The van der Waals surface area contributed by atoms with Crippen molar-refractivity contribution in [2.24, 2.45) is 10.2 Å². The van der Waals surface area contributed by atoms with Gasteiger partial charge in [-0.1, -0.05) is 53.5 Å². The second-order valence-corrected chi connectivity index (χ2v) is 10.2. The van der Waals surface area contributed by atoms with Crippen LogP contribution in [0.4, 0.5) is 17.1 Å². The number of nitrogens with zero attached hydrogens (tertiary/aromatic N) is 2. The number of benzene rings is 4. The van der Waals surface area contributed by atoms with E-state index in [4.69, 9.17) is 27.9 Å². The fourth-order valence-corrected chi connectivity index (χ4v) is 5.02. The molecule has 0 aliphatic carbocycles. The van der Waals surface area contributed by atoms with E-state index in [0.717, 1.165) is 6.07 Å². The molecule has 0 saturated heterocycles. The summed E-state index contributed by atoms with van der Waals surface area (Å²) in [4.78, 5) is 12.8. The van der Waals surface area contributed by atoms with Crippen molar-refractivity contribution in [3.05, 3.63) is 81.8 Å². The average molecular weight is 574 g/mol. The largest absolute Gasteiger partial charge is 0.505 e. The summed E-state index contributed by atoms with van der Waals surface area (Å²) in [6.45, 7) is 3.70. The lowest BCUT2D eigenvalue weighted by atomic mass is 10.0. The highest BCUT2D eigenvalue weighted by Gasteiger charge is 2.21. The Bertz CT molecular complexity index is 1710. The summed E-state index contributed by atoms with van der Waals surface area (Å²) in [7, 11) is -4.53. The summed E-state index contributed by atoms with van der Waals surface area (Å²) in [6.07, 6.45) is 0. The standard InChI is InChI=1S/C26H21Cl2N3O6S/c1-3-37-20-10-6-9-19(23(20)28)29-26(33)17-13-15-7-4-5-8-16(15)24(25(17)32)31-30-18-11-12-21(38(34,35)36)22(27)14(18)2/h4-13,32H,3H2,1-2H3,(H,29,33)(H,34,35,36). The molecule has 0 saturated carbocycles. The van der Waals surface area contributed by atoms with Crippen LogP contribution in [0.1, 0.15) is 22.8 Å². The van der Waals surface area contributed by atoms with Crippen molar-refractivity contribution in [1.82, 2.24) is 0 Å². The molecule has 9 nitrogen and oxygen atoms in total. The third-order valence-corrected chi connectivity index (χ3v) is 7.49. The Morgan fingerprint density at radius 3 is 2.47 bits per heavy atom. The normalized spacial score (nSPS) is 11.7. The summed E-state index contributed by atoms with van der Waals surface area (Å²) in [6, 6.07) is 15.8. The number of ether oxygens (including phenoxy) is 1. The van der Waals surface area contributed by atoms with Gasteiger partial charge in [-0.3, -0.25) is 9.35 Å². The van der Waals surface area contributed by atoms with E-state index in [1.165, 1.54) is 19.1 Å². The maximum atomic E-state index is 13.2. The predicted octanol–water partition coefficient (Wildman–Crippen LogP) is 7.47. The minimum Gasteiger partial charge on any atom is -0.505 e. The molecular formula is C26H21Cl2N3O6S. The van der Waals surface area contributed by atoms with Crippen molar-refractivity contribution in [2.45, 2.75) is 18.7 Å². The molecule has 0 unspecified atom stereocenters. The van der Waals surface area contributed by atoms with Gasteiger partial charge in [-0.25, -0.2) is 0 Å². The molecule has 4 rings (SSSR count). The molecule has 0 bridgehead atoms. The van der Waals surface area contributed by atoms with E-state index < -0.39 is 26.7 Å². The maximum absolute atomic E-state index is 13.2.